The summed E-state index contributed by atoms with van der Waals surface area (Å²) in [6.07, 6.45) is 4.19. The Morgan fingerprint density at radius 1 is 1.22 bits per heavy atom. The first kappa shape index (κ1) is 18.1. The van der Waals surface area contributed by atoms with Gasteiger partial charge >= 0.3 is 0 Å². The van der Waals surface area contributed by atoms with Gasteiger partial charge in [0.1, 0.15) is 5.75 Å². The molecule has 0 amide bonds. The minimum atomic E-state index is 0.309. The van der Waals surface area contributed by atoms with Crippen molar-refractivity contribution < 1.29 is 5.11 Å². The average molecular weight is 382 g/mol. The highest BCUT2D eigenvalue weighted by Gasteiger charge is 2.25. The molecule has 0 spiro atoms. The highest BCUT2D eigenvalue weighted by Crippen LogP contribution is 2.34. The first-order valence-electron chi connectivity index (χ1n) is 9.40. The van der Waals surface area contributed by atoms with Gasteiger partial charge in [-0.25, -0.2) is 0 Å². The van der Waals surface area contributed by atoms with E-state index in [-0.39, 0.29) is 0 Å². The smallest absolute Gasteiger partial charge is 0.120 e. The third kappa shape index (κ3) is 4.02. The van der Waals surface area contributed by atoms with Crippen molar-refractivity contribution in [3.8, 4) is 16.9 Å². The Labute approximate surface area is 164 Å². The lowest BCUT2D eigenvalue weighted by atomic mass is 9.90. The standard InChI is InChI=1S/C22H24ClN3O/c1-15-4-6-16(7-5-15)20-12-24-25-22(20)17-3-2-10-26(13-17)14-18-11-19(23)8-9-21(18)27/h4-9,11-12,17,27H,2-3,10,13-14H2,1H3,(H,24,25)/t17-/m0/s1. The molecule has 140 valence electrons. The Balaban J connectivity index is 1.53. The molecule has 4 rings (SSSR count). The predicted molar refractivity (Wildman–Crippen MR) is 109 cm³/mol. The summed E-state index contributed by atoms with van der Waals surface area (Å²) in [5, 5.41) is 18.4. The van der Waals surface area contributed by atoms with Crippen LogP contribution in [-0.2, 0) is 6.54 Å². The number of benzene rings is 2. The van der Waals surface area contributed by atoms with Gasteiger partial charge in [0, 0.05) is 40.9 Å². The van der Waals surface area contributed by atoms with Crippen molar-refractivity contribution in [1.82, 2.24) is 15.1 Å². The molecule has 0 bridgehead atoms. The molecular weight excluding hydrogens is 358 g/mol. The predicted octanol–water partition coefficient (Wildman–Crippen LogP) is 5.12. The number of aromatic hydroxyl groups is 1. The van der Waals surface area contributed by atoms with Crippen molar-refractivity contribution in [3.05, 3.63) is 70.5 Å². The molecule has 1 aliphatic rings. The zero-order chi connectivity index (χ0) is 18.8. The number of aromatic nitrogens is 2. The van der Waals surface area contributed by atoms with Crippen LogP contribution in [0.4, 0.5) is 0 Å². The number of nitrogens with one attached hydrogen (secondary N) is 1. The van der Waals surface area contributed by atoms with Crippen molar-refractivity contribution in [2.45, 2.75) is 32.2 Å². The molecule has 4 nitrogen and oxygen atoms in total. The van der Waals surface area contributed by atoms with Crippen molar-refractivity contribution in [1.29, 1.82) is 0 Å². The minimum absolute atomic E-state index is 0.309. The number of halogens is 1. The van der Waals surface area contributed by atoms with Gasteiger partial charge in [-0.05, 0) is 50.1 Å². The Hall–Kier alpha value is -2.30. The SMILES string of the molecule is Cc1ccc(-c2cn[nH]c2[C@H]2CCCN(Cc3cc(Cl)ccc3O)C2)cc1. The van der Waals surface area contributed by atoms with Gasteiger partial charge in [0.2, 0.25) is 0 Å². The molecule has 0 aliphatic carbocycles. The molecular formula is C22H24ClN3O. The molecule has 0 unspecified atom stereocenters. The summed E-state index contributed by atoms with van der Waals surface area (Å²) in [6.45, 7) is 4.77. The quantitative estimate of drug-likeness (QED) is 0.659. The number of hydrogen-bond acceptors (Lipinski definition) is 3. The maximum absolute atomic E-state index is 10.1. The molecule has 1 aliphatic heterocycles. The summed E-state index contributed by atoms with van der Waals surface area (Å²) in [4.78, 5) is 2.39. The van der Waals surface area contributed by atoms with Crippen LogP contribution in [0.1, 0.15) is 35.6 Å². The molecule has 1 aromatic heterocycles. The molecule has 2 N–H and O–H groups in total. The van der Waals surface area contributed by atoms with E-state index in [9.17, 15) is 5.11 Å². The van der Waals surface area contributed by atoms with E-state index < -0.39 is 0 Å². The lowest BCUT2D eigenvalue weighted by Gasteiger charge is -2.33. The molecule has 3 aromatic rings. The maximum atomic E-state index is 10.1. The van der Waals surface area contributed by atoms with E-state index in [1.54, 1.807) is 12.1 Å². The summed E-state index contributed by atoms with van der Waals surface area (Å²) in [6, 6.07) is 13.8. The average Bonchev–Trinajstić information content (AvgIpc) is 3.15. The molecule has 1 atom stereocenters. The van der Waals surface area contributed by atoms with Crippen LogP contribution in [-0.4, -0.2) is 33.3 Å². The summed E-state index contributed by atoms with van der Waals surface area (Å²) in [5.74, 6) is 0.710. The largest absolute Gasteiger partial charge is 0.508 e. The van der Waals surface area contributed by atoms with Crippen LogP contribution in [0, 0.1) is 6.92 Å². The van der Waals surface area contributed by atoms with E-state index in [1.165, 1.54) is 22.4 Å². The minimum Gasteiger partial charge on any atom is -0.508 e. The molecule has 5 heteroatoms. The summed E-state index contributed by atoms with van der Waals surface area (Å²) in [5.41, 5.74) is 5.74. The zero-order valence-electron chi connectivity index (χ0n) is 15.5. The van der Waals surface area contributed by atoms with Crippen LogP contribution >= 0.6 is 11.6 Å². The normalized spacial score (nSPS) is 17.9. The number of phenols is 1. The number of nitrogens with zero attached hydrogens (tertiary/aromatic N) is 2. The highest BCUT2D eigenvalue weighted by molar-refractivity contribution is 6.30. The van der Waals surface area contributed by atoms with Crippen molar-refractivity contribution in [3.63, 3.8) is 0 Å². The number of aromatic amines is 1. The molecule has 1 fully saturated rings. The number of likely N-dealkylation sites (tertiary alicyclic amines) is 1. The van der Waals surface area contributed by atoms with Gasteiger partial charge in [-0.1, -0.05) is 41.4 Å². The second-order valence-corrected chi connectivity index (χ2v) is 7.85. The Kier molecular flexibility index (Phi) is 5.19. The second kappa shape index (κ2) is 7.75. The summed E-state index contributed by atoms with van der Waals surface area (Å²) >= 11 is 6.10. The van der Waals surface area contributed by atoms with Crippen LogP contribution in [0.15, 0.2) is 48.7 Å². The lowest BCUT2D eigenvalue weighted by Crippen LogP contribution is -2.34. The fourth-order valence-electron chi connectivity index (χ4n) is 3.93. The van der Waals surface area contributed by atoms with Gasteiger partial charge in [-0.2, -0.15) is 5.10 Å². The summed E-state index contributed by atoms with van der Waals surface area (Å²) in [7, 11) is 0. The number of H-pyrrole nitrogens is 1. The number of aryl methyl sites for hydroxylation is 1. The van der Waals surface area contributed by atoms with Crippen molar-refractivity contribution in [2.24, 2.45) is 0 Å². The second-order valence-electron chi connectivity index (χ2n) is 7.41. The van der Waals surface area contributed by atoms with Gasteiger partial charge in [0.15, 0.2) is 0 Å². The maximum Gasteiger partial charge on any atom is 0.120 e. The zero-order valence-corrected chi connectivity index (χ0v) is 16.2. The van der Waals surface area contributed by atoms with Crippen molar-refractivity contribution in [2.75, 3.05) is 13.1 Å². The third-order valence-electron chi connectivity index (χ3n) is 5.38. The Morgan fingerprint density at radius 2 is 2.04 bits per heavy atom. The van der Waals surface area contributed by atoms with E-state index in [0.29, 0.717) is 23.2 Å². The number of hydrogen-bond donors (Lipinski definition) is 2. The Bertz CT molecular complexity index is 920. The van der Waals surface area contributed by atoms with Crippen LogP contribution in [0.2, 0.25) is 5.02 Å². The van der Waals surface area contributed by atoms with Crippen LogP contribution in [0.25, 0.3) is 11.1 Å². The van der Waals surface area contributed by atoms with Gasteiger partial charge in [-0.15, -0.1) is 0 Å². The molecule has 2 aromatic carbocycles. The Morgan fingerprint density at radius 3 is 2.85 bits per heavy atom. The van der Waals surface area contributed by atoms with E-state index >= 15 is 0 Å². The highest BCUT2D eigenvalue weighted by atomic mass is 35.5. The number of phenolic OH excluding ortho intramolecular Hbond substituents is 1. The van der Waals surface area contributed by atoms with E-state index in [1.807, 2.05) is 12.3 Å². The van der Waals surface area contributed by atoms with Crippen molar-refractivity contribution >= 4 is 11.6 Å². The summed E-state index contributed by atoms with van der Waals surface area (Å²) < 4.78 is 0. The van der Waals surface area contributed by atoms with Crippen LogP contribution in [0.5, 0.6) is 5.75 Å². The van der Waals surface area contributed by atoms with E-state index in [2.05, 4.69) is 46.3 Å². The monoisotopic (exact) mass is 381 g/mol. The fourth-order valence-corrected chi connectivity index (χ4v) is 4.12. The van der Waals surface area contributed by atoms with Gasteiger partial charge < -0.3 is 5.11 Å². The third-order valence-corrected chi connectivity index (χ3v) is 5.62. The topological polar surface area (TPSA) is 52.2 Å². The fraction of sp³-hybridized carbons (Fsp3) is 0.318. The van der Waals surface area contributed by atoms with Gasteiger partial charge in [-0.3, -0.25) is 10.00 Å². The van der Waals surface area contributed by atoms with Gasteiger partial charge in [0.25, 0.3) is 0 Å². The molecule has 1 saturated heterocycles. The van der Waals surface area contributed by atoms with Crippen LogP contribution in [0.3, 0.4) is 0 Å². The molecule has 0 radical (unpaired) electrons. The number of rotatable bonds is 4. The molecule has 27 heavy (non-hydrogen) atoms. The lowest BCUT2D eigenvalue weighted by molar-refractivity contribution is 0.197. The van der Waals surface area contributed by atoms with Gasteiger partial charge in [0.05, 0.1) is 6.20 Å². The first-order valence-corrected chi connectivity index (χ1v) is 9.78. The number of piperidine rings is 1. The van der Waals surface area contributed by atoms with Crippen LogP contribution < -0.4 is 0 Å². The van der Waals surface area contributed by atoms with E-state index in [0.717, 1.165) is 31.5 Å². The van der Waals surface area contributed by atoms with E-state index in [4.69, 9.17) is 11.6 Å². The molecule has 2 heterocycles. The first-order chi connectivity index (χ1) is 13.1. The molecule has 0 saturated carbocycles.